The Labute approximate surface area is 80.2 Å². The Hall–Kier alpha value is -1.03. The van der Waals surface area contributed by atoms with Crippen molar-refractivity contribution in [3.8, 4) is 0 Å². The summed E-state index contributed by atoms with van der Waals surface area (Å²) in [6.07, 6.45) is -2.78. The van der Waals surface area contributed by atoms with Crippen molar-refractivity contribution in [2.45, 2.75) is 18.8 Å². The van der Waals surface area contributed by atoms with Gasteiger partial charge in [-0.15, -0.1) is 0 Å². The summed E-state index contributed by atoms with van der Waals surface area (Å²) in [7, 11) is 0. The first-order chi connectivity index (χ1) is 6.66. The lowest BCUT2D eigenvalue weighted by Crippen LogP contribution is -2.12. The minimum atomic E-state index is -2.65. The van der Waals surface area contributed by atoms with Crippen molar-refractivity contribution >= 4 is 0 Å². The fourth-order valence-corrected chi connectivity index (χ4v) is 1.33. The van der Waals surface area contributed by atoms with Crippen molar-refractivity contribution in [2.75, 3.05) is 6.61 Å². The highest BCUT2D eigenvalue weighted by molar-refractivity contribution is 5.22. The molecule has 1 rings (SSSR count). The molecule has 1 aromatic rings. The van der Waals surface area contributed by atoms with Gasteiger partial charge in [-0.05, 0) is 18.1 Å². The van der Waals surface area contributed by atoms with Gasteiger partial charge >= 0.3 is 0 Å². The first kappa shape index (κ1) is 11.0. The molecule has 0 aliphatic carbocycles. The van der Waals surface area contributed by atoms with Gasteiger partial charge in [0.1, 0.15) is 5.82 Å². The molecule has 14 heavy (non-hydrogen) atoms. The van der Waals surface area contributed by atoms with Crippen LogP contribution in [0.2, 0.25) is 0 Å². The van der Waals surface area contributed by atoms with Crippen molar-refractivity contribution in [1.82, 2.24) is 0 Å². The van der Waals surface area contributed by atoms with E-state index in [1.165, 1.54) is 18.2 Å². The van der Waals surface area contributed by atoms with Gasteiger partial charge in [-0.25, -0.2) is 13.2 Å². The maximum absolute atomic E-state index is 13.1. The minimum Gasteiger partial charge on any atom is -0.396 e. The molecule has 0 saturated carbocycles. The normalized spacial score (nSPS) is 13.2. The van der Waals surface area contributed by atoms with Crippen LogP contribution in [-0.2, 0) is 0 Å². The van der Waals surface area contributed by atoms with Gasteiger partial charge in [0.15, 0.2) is 0 Å². The van der Waals surface area contributed by atoms with Crippen molar-refractivity contribution in [3.63, 3.8) is 0 Å². The van der Waals surface area contributed by atoms with Crippen LogP contribution in [0.3, 0.4) is 0 Å². The van der Waals surface area contributed by atoms with Gasteiger partial charge < -0.3 is 5.11 Å². The standard InChI is InChI=1S/C10H11F3O/c11-9-4-2-1-3-7(9)8(5-6-14)10(12)13/h1-4,8,10,14H,5-6H2. The van der Waals surface area contributed by atoms with Gasteiger partial charge in [-0.3, -0.25) is 0 Å². The third-order valence-electron chi connectivity index (χ3n) is 2.05. The summed E-state index contributed by atoms with van der Waals surface area (Å²) < 4.78 is 38.1. The van der Waals surface area contributed by atoms with Gasteiger partial charge in [0.25, 0.3) is 0 Å². The van der Waals surface area contributed by atoms with E-state index < -0.39 is 18.2 Å². The summed E-state index contributed by atoms with van der Waals surface area (Å²) >= 11 is 0. The van der Waals surface area contributed by atoms with Crippen LogP contribution in [0.1, 0.15) is 17.9 Å². The lowest BCUT2D eigenvalue weighted by atomic mass is 9.96. The van der Waals surface area contributed by atoms with Crippen LogP contribution in [0.15, 0.2) is 24.3 Å². The third kappa shape index (κ3) is 2.48. The molecule has 0 aliphatic heterocycles. The fraction of sp³-hybridized carbons (Fsp3) is 0.400. The predicted octanol–water partition coefficient (Wildman–Crippen LogP) is 2.56. The number of hydrogen-bond donors (Lipinski definition) is 1. The molecule has 1 nitrogen and oxygen atoms in total. The highest BCUT2D eigenvalue weighted by Gasteiger charge is 2.24. The quantitative estimate of drug-likeness (QED) is 0.799. The molecule has 4 heteroatoms. The van der Waals surface area contributed by atoms with E-state index in [1.54, 1.807) is 0 Å². The Balaban J connectivity index is 2.93. The highest BCUT2D eigenvalue weighted by atomic mass is 19.3. The Bertz CT molecular complexity index is 288. The summed E-state index contributed by atoms with van der Waals surface area (Å²) in [5.41, 5.74) is -0.0310. The second kappa shape index (κ2) is 5.00. The molecule has 1 unspecified atom stereocenters. The van der Waals surface area contributed by atoms with E-state index in [0.717, 1.165) is 6.07 Å². The number of aliphatic hydroxyl groups excluding tert-OH is 1. The number of alkyl halides is 2. The summed E-state index contributed by atoms with van der Waals surface area (Å²) in [5, 5.41) is 8.58. The van der Waals surface area contributed by atoms with E-state index in [9.17, 15) is 13.2 Å². The molecule has 0 amide bonds. The number of hydrogen-bond acceptors (Lipinski definition) is 1. The van der Waals surface area contributed by atoms with Crippen LogP contribution in [-0.4, -0.2) is 18.1 Å². The molecule has 0 bridgehead atoms. The van der Waals surface area contributed by atoms with Crippen LogP contribution >= 0.6 is 0 Å². The van der Waals surface area contributed by atoms with Crippen LogP contribution in [0.5, 0.6) is 0 Å². The number of rotatable bonds is 4. The lowest BCUT2D eigenvalue weighted by Gasteiger charge is -2.15. The summed E-state index contributed by atoms with van der Waals surface area (Å²) in [6, 6.07) is 5.41. The second-order valence-corrected chi connectivity index (χ2v) is 2.97. The number of halogens is 3. The van der Waals surface area contributed by atoms with Gasteiger partial charge in [0, 0.05) is 12.5 Å². The zero-order valence-electron chi connectivity index (χ0n) is 7.46. The first-order valence-electron chi connectivity index (χ1n) is 4.30. The largest absolute Gasteiger partial charge is 0.396 e. The lowest BCUT2D eigenvalue weighted by molar-refractivity contribution is 0.0972. The molecular weight excluding hydrogens is 193 g/mol. The molecule has 0 saturated heterocycles. The fourth-order valence-electron chi connectivity index (χ4n) is 1.33. The van der Waals surface area contributed by atoms with Gasteiger partial charge in [0.2, 0.25) is 6.43 Å². The maximum atomic E-state index is 13.1. The van der Waals surface area contributed by atoms with E-state index >= 15 is 0 Å². The van der Waals surface area contributed by atoms with Gasteiger partial charge in [-0.2, -0.15) is 0 Å². The smallest absolute Gasteiger partial charge is 0.245 e. The highest BCUT2D eigenvalue weighted by Crippen LogP contribution is 2.28. The Kier molecular flexibility index (Phi) is 3.95. The molecule has 0 aliphatic rings. The molecule has 0 aromatic heterocycles. The summed E-state index contributed by atoms with van der Waals surface area (Å²) in [4.78, 5) is 0. The molecule has 0 heterocycles. The van der Waals surface area contributed by atoms with E-state index in [1.807, 2.05) is 0 Å². The van der Waals surface area contributed by atoms with E-state index in [4.69, 9.17) is 5.11 Å². The molecule has 78 valence electrons. The molecule has 0 radical (unpaired) electrons. The first-order valence-corrected chi connectivity index (χ1v) is 4.30. The average molecular weight is 204 g/mol. The minimum absolute atomic E-state index is 0.0310. The molecule has 1 atom stereocenters. The molecule has 1 aromatic carbocycles. The zero-order chi connectivity index (χ0) is 10.6. The zero-order valence-corrected chi connectivity index (χ0v) is 7.46. The Morgan fingerprint density at radius 2 is 1.86 bits per heavy atom. The summed E-state index contributed by atoms with van der Waals surface area (Å²) in [5.74, 6) is -1.87. The van der Waals surface area contributed by atoms with E-state index in [-0.39, 0.29) is 18.6 Å². The summed E-state index contributed by atoms with van der Waals surface area (Å²) in [6.45, 7) is -0.372. The van der Waals surface area contributed by atoms with Crippen LogP contribution in [0, 0.1) is 5.82 Å². The SMILES string of the molecule is OCCC(c1ccccc1F)C(F)F. The van der Waals surface area contributed by atoms with E-state index in [0.29, 0.717) is 0 Å². The van der Waals surface area contributed by atoms with Crippen LogP contribution in [0.25, 0.3) is 0 Å². The van der Waals surface area contributed by atoms with Crippen molar-refractivity contribution < 1.29 is 18.3 Å². The van der Waals surface area contributed by atoms with E-state index in [2.05, 4.69) is 0 Å². The molecule has 0 fully saturated rings. The second-order valence-electron chi connectivity index (χ2n) is 2.97. The molecular formula is C10H11F3O. The average Bonchev–Trinajstić information content (AvgIpc) is 2.15. The van der Waals surface area contributed by atoms with Crippen LogP contribution < -0.4 is 0 Å². The van der Waals surface area contributed by atoms with Crippen molar-refractivity contribution in [1.29, 1.82) is 0 Å². The number of aliphatic hydroxyl groups is 1. The predicted molar refractivity (Wildman–Crippen MR) is 46.8 cm³/mol. The third-order valence-corrected chi connectivity index (χ3v) is 2.05. The number of benzene rings is 1. The molecule has 1 N–H and O–H groups in total. The topological polar surface area (TPSA) is 20.2 Å². The monoisotopic (exact) mass is 204 g/mol. The maximum Gasteiger partial charge on any atom is 0.245 e. The van der Waals surface area contributed by atoms with Gasteiger partial charge in [-0.1, -0.05) is 18.2 Å². The Morgan fingerprint density at radius 1 is 1.21 bits per heavy atom. The van der Waals surface area contributed by atoms with Gasteiger partial charge in [0.05, 0.1) is 0 Å². The van der Waals surface area contributed by atoms with Crippen LogP contribution in [0.4, 0.5) is 13.2 Å². The van der Waals surface area contributed by atoms with Crippen molar-refractivity contribution in [3.05, 3.63) is 35.6 Å². The van der Waals surface area contributed by atoms with Crippen molar-refractivity contribution in [2.24, 2.45) is 0 Å². The molecule has 0 spiro atoms. The Morgan fingerprint density at radius 3 is 2.36 bits per heavy atom.